The van der Waals surface area contributed by atoms with E-state index in [2.05, 4.69) is 5.32 Å². The molecule has 132 valence electrons. The maximum Gasteiger partial charge on any atom is 0.277 e. The lowest BCUT2D eigenvalue weighted by Crippen LogP contribution is -2.31. The van der Waals surface area contributed by atoms with Gasteiger partial charge in [0.05, 0.1) is 21.3 Å². The zero-order valence-electron chi connectivity index (χ0n) is 13.3. The van der Waals surface area contributed by atoms with E-state index in [1.54, 1.807) is 36.4 Å². The van der Waals surface area contributed by atoms with Gasteiger partial charge in [-0.15, -0.1) is 0 Å². The van der Waals surface area contributed by atoms with Crippen LogP contribution in [0.1, 0.15) is 12.5 Å². The number of rotatable bonds is 3. The summed E-state index contributed by atoms with van der Waals surface area (Å²) in [6, 6.07) is 11.1. The van der Waals surface area contributed by atoms with Crippen LogP contribution in [0.15, 0.2) is 47.5 Å². The fraction of sp³-hybridized carbons (Fsp3) is 0.0556. The van der Waals surface area contributed by atoms with Crippen LogP contribution < -0.4 is 10.2 Å². The quantitative estimate of drug-likeness (QED) is 0.760. The average molecular weight is 410 g/mol. The van der Waals surface area contributed by atoms with E-state index in [1.165, 1.54) is 13.0 Å². The van der Waals surface area contributed by atoms with Crippen molar-refractivity contribution < 1.29 is 14.4 Å². The minimum absolute atomic E-state index is 0.0575. The van der Waals surface area contributed by atoms with Crippen LogP contribution in [-0.4, -0.2) is 17.7 Å². The molecule has 0 radical (unpaired) electrons. The number of halogens is 3. The van der Waals surface area contributed by atoms with Gasteiger partial charge in [0.15, 0.2) is 0 Å². The molecule has 0 saturated heterocycles. The Morgan fingerprint density at radius 2 is 1.62 bits per heavy atom. The van der Waals surface area contributed by atoms with Crippen molar-refractivity contribution in [1.82, 2.24) is 0 Å². The highest BCUT2D eigenvalue weighted by Gasteiger charge is 2.40. The molecule has 2 aromatic rings. The molecule has 0 spiro atoms. The molecule has 8 heteroatoms. The molecule has 0 saturated carbocycles. The number of benzene rings is 2. The minimum Gasteiger partial charge on any atom is -0.326 e. The second kappa shape index (κ2) is 7.11. The molecule has 1 aliphatic rings. The molecular formula is C18H11Cl3N2O3. The number of hydrogen-bond acceptors (Lipinski definition) is 3. The first-order chi connectivity index (χ1) is 12.3. The van der Waals surface area contributed by atoms with Gasteiger partial charge in [0.25, 0.3) is 11.8 Å². The molecule has 3 amide bonds. The molecule has 1 aliphatic heterocycles. The van der Waals surface area contributed by atoms with Gasteiger partial charge < -0.3 is 5.32 Å². The van der Waals surface area contributed by atoms with Gasteiger partial charge in [0.2, 0.25) is 5.91 Å². The Balaban J connectivity index is 1.99. The second-order valence-corrected chi connectivity index (χ2v) is 6.63. The summed E-state index contributed by atoms with van der Waals surface area (Å²) in [5.41, 5.74) is 1.23. The van der Waals surface area contributed by atoms with Crippen LogP contribution in [0, 0.1) is 0 Å². The van der Waals surface area contributed by atoms with Gasteiger partial charge >= 0.3 is 0 Å². The lowest BCUT2D eigenvalue weighted by molar-refractivity contribution is -0.120. The minimum atomic E-state index is -0.679. The van der Waals surface area contributed by atoms with E-state index in [9.17, 15) is 14.4 Å². The van der Waals surface area contributed by atoms with E-state index >= 15 is 0 Å². The summed E-state index contributed by atoms with van der Waals surface area (Å²) in [4.78, 5) is 37.4. The Labute approximate surface area is 164 Å². The molecule has 0 aliphatic carbocycles. The Morgan fingerprint density at radius 3 is 2.23 bits per heavy atom. The average Bonchev–Trinajstić information content (AvgIpc) is 2.81. The highest BCUT2D eigenvalue weighted by molar-refractivity contribution is 6.61. The zero-order valence-corrected chi connectivity index (χ0v) is 15.6. The smallest absolute Gasteiger partial charge is 0.277 e. The predicted molar refractivity (Wildman–Crippen MR) is 102 cm³/mol. The monoisotopic (exact) mass is 408 g/mol. The van der Waals surface area contributed by atoms with E-state index in [1.807, 2.05) is 0 Å². The molecular weight excluding hydrogens is 399 g/mol. The molecule has 0 atom stereocenters. The van der Waals surface area contributed by atoms with Crippen molar-refractivity contribution >= 4 is 69.5 Å². The summed E-state index contributed by atoms with van der Waals surface area (Å²) < 4.78 is 0. The summed E-state index contributed by atoms with van der Waals surface area (Å²) in [6.45, 7) is 1.39. The Bertz CT molecular complexity index is 968. The second-order valence-electron chi connectivity index (χ2n) is 5.47. The van der Waals surface area contributed by atoms with Crippen LogP contribution in [0.3, 0.4) is 0 Å². The molecule has 0 fully saturated rings. The van der Waals surface area contributed by atoms with E-state index in [0.29, 0.717) is 11.3 Å². The molecule has 2 aromatic carbocycles. The van der Waals surface area contributed by atoms with Crippen molar-refractivity contribution in [2.75, 3.05) is 10.2 Å². The summed E-state index contributed by atoms with van der Waals surface area (Å²) in [6.07, 6.45) is 0. The SMILES string of the molecule is CC(=O)Nc1ccc(C2=C(Cl)C(=O)N(c3cccc(Cl)c3Cl)C2=O)cc1. The van der Waals surface area contributed by atoms with Crippen molar-refractivity contribution in [3.8, 4) is 0 Å². The molecule has 0 aromatic heterocycles. The van der Waals surface area contributed by atoms with Crippen LogP contribution in [0.25, 0.3) is 5.57 Å². The van der Waals surface area contributed by atoms with Gasteiger partial charge in [-0.25, -0.2) is 4.90 Å². The fourth-order valence-corrected chi connectivity index (χ4v) is 3.22. The summed E-state index contributed by atoms with van der Waals surface area (Å²) >= 11 is 18.2. The molecule has 0 unspecified atom stereocenters. The van der Waals surface area contributed by atoms with Gasteiger partial charge in [0.1, 0.15) is 5.03 Å². The highest BCUT2D eigenvalue weighted by Crippen LogP contribution is 2.40. The molecule has 26 heavy (non-hydrogen) atoms. The highest BCUT2D eigenvalue weighted by atomic mass is 35.5. The number of nitrogens with zero attached hydrogens (tertiary/aromatic N) is 1. The van der Waals surface area contributed by atoms with Crippen molar-refractivity contribution in [2.24, 2.45) is 0 Å². The Hall–Kier alpha value is -2.34. The van der Waals surface area contributed by atoms with Crippen LogP contribution in [0.5, 0.6) is 0 Å². The predicted octanol–water partition coefficient (Wildman–Crippen LogP) is 4.48. The topological polar surface area (TPSA) is 66.5 Å². The van der Waals surface area contributed by atoms with Crippen molar-refractivity contribution in [2.45, 2.75) is 6.92 Å². The number of imide groups is 1. The van der Waals surface area contributed by atoms with E-state index in [0.717, 1.165) is 4.90 Å². The van der Waals surface area contributed by atoms with Gasteiger partial charge in [-0.1, -0.05) is 53.0 Å². The molecule has 5 nitrogen and oxygen atoms in total. The molecule has 1 N–H and O–H groups in total. The summed E-state index contributed by atoms with van der Waals surface area (Å²) in [5.74, 6) is -1.50. The van der Waals surface area contributed by atoms with Crippen molar-refractivity contribution in [3.05, 3.63) is 63.1 Å². The van der Waals surface area contributed by atoms with E-state index in [-0.39, 0.29) is 32.2 Å². The first kappa shape index (κ1) is 18.5. The maximum atomic E-state index is 12.8. The van der Waals surface area contributed by atoms with E-state index in [4.69, 9.17) is 34.8 Å². The largest absolute Gasteiger partial charge is 0.326 e. The van der Waals surface area contributed by atoms with Crippen LogP contribution in [0.2, 0.25) is 10.0 Å². The Kier molecular flexibility index (Phi) is 5.05. The van der Waals surface area contributed by atoms with Gasteiger partial charge in [-0.05, 0) is 29.8 Å². The standard InChI is InChI=1S/C18H11Cl3N2O3/c1-9(24)22-11-7-5-10(6-8-11)14-16(21)18(26)23(17(14)25)13-4-2-3-12(19)15(13)20/h2-8H,1H3,(H,22,24). The molecule has 3 rings (SSSR count). The maximum absolute atomic E-state index is 12.8. The normalized spacial score (nSPS) is 14.2. The van der Waals surface area contributed by atoms with E-state index < -0.39 is 11.8 Å². The summed E-state index contributed by atoms with van der Waals surface area (Å²) in [5, 5.41) is 2.71. The number of nitrogens with one attached hydrogen (secondary N) is 1. The van der Waals surface area contributed by atoms with Crippen molar-refractivity contribution in [1.29, 1.82) is 0 Å². The van der Waals surface area contributed by atoms with Gasteiger partial charge in [-0.2, -0.15) is 0 Å². The number of hydrogen-bond donors (Lipinski definition) is 1. The number of amides is 3. The van der Waals surface area contributed by atoms with Crippen molar-refractivity contribution in [3.63, 3.8) is 0 Å². The van der Waals surface area contributed by atoms with Crippen LogP contribution in [0.4, 0.5) is 11.4 Å². The third-order valence-corrected chi connectivity index (χ3v) is 4.85. The Morgan fingerprint density at radius 1 is 0.962 bits per heavy atom. The van der Waals surface area contributed by atoms with Gasteiger partial charge in [-0.3, -0.25) is 14.4 Å². The fourth-order valence-electron chi connectivity index (χ4n) is 2.56. The third kappa shape index (κ3) is 3.21. The summed E-state index contributed by atoms with van der Waals surface area (Å²) in [7, 11) is 0. The lowest BCUT2D eigenvalue weighted by Gasteiger charge is -2.17. The van der Waals surface area contributed by atoms with Crippen LogP contribution >= 0.6 is 34.8 Å². The van der Waals surface area contributed by atoms with Crippen LogP contribution in [-0.2, 0) is 14.4 Å². The zero-order chi connectivity index (χ0) is 19.0. The number of anilines is 2. The number of carbonyl (C=O) groups is 3. The molecule has 0 bridgehead atoms. The first-order valence-electron chi connectivity index (χ1n) is 7.42. The third-order valence-electron chi connectivity index (χ3n) is 3.69. The first-order valence-corrected chi connectivity index (χ1v) is 8.55. The molecule has 1 heterocycles. The lowest BCUT2D eigenvalue weighted by atomic mass is 10.1. The van der Waals surface area contributed by atoms with Gasteiger partial charge in [0, 0.05) is 12.6 Å². The number of carbonyl (C=O) groups excluding carboxylic acids is 3.